The number of carbonyl (C=O) groups excluding carboxylic acids is 1. The third kappa shape index (κ3) is 3.56. The minimum Gasteiger partial charge on any atom is -0.497 e. The smallest absolute Gasteiger partial charge is 0.235 e. The van der Waals surface area contributed by atoms with Gasteiger partial charge in [-0.1, -0.05) is 11.8 Å². The van der Waals surface area contributed by atoms with Gasteiger partial charge in [-0.25, -0.2) is 4.68 Å². The largest absolute Gasteiger partial charge is 0.497 e. The number of rotatable bonds is 6. The van der Waals surface area contributed by atoms with Gasteiger partial charge in [0.25, 0.3) is 0 Å². The molecule has 0 unspecified atom stereocenters. The molecule has 1 aromatic heterocycles. The van der Waals surface area contributed by atoms with Gasteiger partial charge in [-0.2, -0.15) is 0 Å². The fourth-order valence-corrected chi connectivity index (χ4v) is 3.01. The lowest BCUT2D eigenvalue weighted by molar-refractivity contribution is -0.127. The molecule has 0 aliphatic heterocycles. The van der Waals surface area contributed by atoms with Gasteiger partial charge in [0.15, 0.2) is 5.82 Å². The van der Waals surface area contributed by atoms with Crippen LogP contribution in [-0.2, 0) is 4.79 Å². The number of aromatic nitrogens is 3. The predicted molar refractivity (Wildman–Crippen MR) is 92.7 cm³/mol. The van der Waals surface area contributed by atoms with E-state index in [1.807, 2.05) is 0 Å². The Kier molecular flexibility index (Phi) is 5.55. The highest BCUT2D eigenvalue weighted by atomic mass is 32.2. The van der Waals surface area contributed by atoms with Gasteiger partial charge in [-0.05, 0) is 19.1 Å². The minimum atomic E-state index is -0.322. The SMILES string of the molecule is COc1ccc(-c2nnc(S[C@@H](C)C(=O)N(C)C)n2N)c(OC)c1. The molecule has 130 valence electrons. The Morgan fingerprint density at radius 2 is 2.00 bits per heavy atom. The zero-order valence-corrected chi connectivity index (χ0v) is 15.1. The van der Waals surface area contributed by atoms with Crippen molar-refractivity contribution in [2.24, 2.45) is 0 Å². The third-order valence-electron chi connectivity index (χ3n) is 3.38. The molecule has 1 atom stereocenters. The molecule has 0 saturated carbocycles. The Hall–Kier alpha value is -2.42. The molecule has 0 aliphatic carbocycles. The number of benzene rings is 1. The summed E-state index contributed by atoms with van der Waals surface area (Å²) in [6.45, 7) is 1.80. The van der Waals surface area contributed by atoms with Crippen molar-refractivity contribution in [1.82, 2.24) is 19.8 Å². The summed E-state index contributed by atoms with van der Waals surface area (Å²) in [4.78, 5) is 13.5. The van der Waals surface area contributed by atoms with Crippen LogP contribution in [-0.4, -0.2) is 59.2 Å². The second kappa shape index (κ2) is 7.43. The molecule has 0 aliphatic rings. The van der Waals surface area contributed by atoms with Gasteiger partial charge >= 0.3 is 0 Å². The Morgan fingerprint density at radius 1 is 1.29 bits per heavy atom. The number of carbonyl (C=O) groups is 1. The quantitative estimate of drug-likeness (QED) is 0.618. The molecule has 0 saturated heterocycles. The van der Waals surface area contributed by atoms with Crippen molar-refractivity contribution in [3.8, 4) is 22.9 Å². The van der Waals surface area contributed by atoms with Crippen LogP contribution in [0.15, 0.2) is 23.4 Å². The second-order valence-corrected chi connectivity index (χ2v) is 6.54. The van der Waals surface area contributed by atoms with Crippen molar-refractivity contribution in [3.63, 3.8) is 0 Å². The van der Waals surface area contributed by atoms with Crippen LogP contribution in [0.2, 0.25) is 0 Å². The molecule has 0 bridgehead atoms. The van der Waals surface area contributed by atoms with Crippen LogP contribution in [0, 0.1) is 0 Å². The number of nitrogens with zero attached hydrogens (tertiary/aromatic N) is 4. The first-order valence-electron chi connectivity index (χ1n) is 7.19. The lowest BCUT2D eigenvalue weighted by Crippen LogP contribution is -2.30. The summed E-state index contributed by atoms with van der Waals surface area (Å²) in [5.41, 5.74) is 0.687. The van der Waals surface area contributed by atoms with Gasteiger partial charge in [0.1, 0.15) is 11.5 Å². The number of hydrogen-bond donors (Lipinski definition) is 1. The molecule has 2 aromatic rings. The molecule has 0 radical (unpaired) electrons. The molecule has 8 nitrogen and oxygen atoms in total. The lowest BCUT2D eigenvalue weighted by atomic mass is 10.2. The van der Waals surface area contributed by atoms with Gasteiger partial charge in [-0.3, -0.25) is 4.79 Å². The number of ether oxygens (including phenoxy) is 2. The van der Waals surface area contributed by atoms with Crippen molar-refractivity contribution in [2.45, 2.75) is 17.3 Å². The monoisotopic (exact) mass is 351 g/mol. The van der Waals surface area contributed by atoms with Crippen LogP contribution in [0.5, 0.6) is 11.5 Å². The zero-order valence-electron chi connectivity index (χ0n) is 14.3. The standard InChI is InChI=1S/C15H21N5O3S/c1-9(14(21)19(2)3)24-15-18-17-13(20(15)16)11-7-6-10(22-4)8-12(11)23-5/h6-9H,16H2,1-5H3/t9-/m0/s1. The molecule has 9 heteroatoms. The lowest BCUT2D eigenvalue weighted by Gasteiger charge is -2.15. The maximum atomic E-state index is 12.0. The second-order valence-electron chi connectivity index (χ2n) is 5.24. The van der Waals surface area contributed by atoms with Crippen molar-refractivity contribution < 1.29 is 14.3 Å². The van der Waals surface area contributed by atoms with E-state index >= 15 is 0 Å². The number of thioether (sulfide) groups is 1. The Morgan fingerprint density at radius 3 is 2.58 bits per heavy atom. The van der Waals surface area contributed by atoms with Crippen LogP contribution in [0.4, 0.5) is 0 Å². The average Bonchev–Trinajstić information content (AvgIpc) is 2.93. The van der Waals surface area contributed by atoms with Crippen molar-refractivity contribution in [2.75, 3.05) is 34.2 Å². The Balaban J connectivity index is 2.32. The Labute approximate surface area is 144 Å². The fourth-order valence-electron chi connectivity index (χ4n) is 2.10. The van der Waals surface area contributed by atoms with E-state index in [9.17, 15) is 4.79 Å². The van der Waals surface area contributed by atoms with E-state index in [2.05, 4.69) is 10.2 Å². The number of methoxy groups -OCH3 is 2. The maximum absolute atomic E-state index is 12.0. The number of hydrogen-bond acceptors (Lipinski definition) is 7. The Bertz CT molecular complexity index is 732. The molecule has 0 spiro atoms. The van der Waals surface area contributed by atoms with Crippen LogP contribution < -0.4 is 15.3 Å². The first-order chi connectivity index (χ1) is 11.4. The molecule has 1 amide bonds. The van der Waals surface area contributed by atoms with Crippen LogP contribution >= 0.6 is 11.8 Å². The van der Waals surface area contributed by atoms with Gasteiger partial charge in [0, 0.05) is 20.2 Å². The van der Waals surface area contributed by atoms with Crippen LogP contribution in [0.3, 0.4) is 0 Å². The van der Waals surface area contributed by atoms with Crippen LogP contribution in [0.25, 0.3) is 11.4 Å². The fraction of sp³-hybridized carbons (Fsp3) is 0.400. The van der Waals surface area contributed by atoms with E-state index in [1.165, 1.54) is 21.3 Å². The summed E-state index contributed by atoms with van der Waals surface area (Å²) in [5.74, 6) is 7.77. The van der Waals surface area contributed by atoms with E-state index < -0.39 is 0 Å². The molecular formula is C15H21N5O3S. The predicted octanol–water partition coefficient (Wildman–Crippen LogP) is 1.24. The molecular weight excluding hydrogens is 330 g/mol. The van der Waals surface area contributed by atoms with Crippen molar-refractivity contribution in [3.05, 3.63) is 18.2 Å². The molecule has 1 heterocycles. The first kappa shape index (κ1) is 17.9. The van der Waals surface area contributed by atoms with E-state index in [-0.39, 0.29) is 11.2 Å². The minimum absolute atomic E-state index is 0.0217. The van der Waals surface area contributed by atoms with Gasteiger partial charge in [-0.15, -0.1) is 10.2 Å². The highest BCUT2D eigenvalue weighted by Crippen LogP contribution is 2.33. The maximum Gasteiger partial charge on any atom is 0.235 e. The van der Waals surface area contributed by atoms with E-state index in [1.54, 1.807) is 53.4 Å². The zero-order chi connectivity index (χ0) is 17.9. The number of nitrogen functional groups attached to an aromatic ring is 1. The average molecular weight is 351 g/mol. The van der Waals surface area contributed by atoms with E-state index in [0.29, 0.717) is 28.0 Å². The highest BCUT2D eigenvalue weighted by Gasteiger charge is 2.22. The summed E-state index contributed by atoms with van der Waals surface area (Å²) in [5, 5.41) is 8.34. The van der Waals surface area contributed by atoms with E-state index in [0.717, 1.165) is 0 Å². The molecule has 0 fully saturated rings. The number of nitrogens with two attached hydrogens (primary N) is 1. The van der Waals surface area contributed by atoms with Gasteiger partial charge in [0.2, 0.25) is 11.1 Å². The van der Waals surface area contributed by atoms with Crippen molar-refractivity contribution >= 4 is 17.7 Å². The topological polar surface area (TPSA) is 95.5 Å². The summed E-state index contributed by atoms with van der Waals surface area (Å²) in [6.07, 6.45) is 0. The molecule has 2 rings (SSSR count). The summed E-state index contributed by atoms with van der Waals surface area (Å²) in [6, 6.07) is 5.33. The molecule has 24 heavy (non-hydrogen) atoms. The van der Waals surface area contributed by atoms with E-state index in [4.69, 9.17) is 15.3 Å². The number of amides is 1. The van der Waals surface area contributed by atoms with Crippen molar-refractivity contribution in [1.29, 1.82) is 0 Å². The van der Waals surface area contributed by atoms with Crippen LogP contribution in [0.1, 0.15) is 6.92 Å². The summed E-state index contributed by atoms with van der Waals surface area (Å²) >= 11 is 1.25. The third-order valence-corrected chi connectivity index (χ3v) is 4.43. The molecule has 1 aromatic carbocycles. The summed E-state index contributed by atoms with van der Waals surface area (Å²) in [7, 11) is 6.56. The normalized spacial score (nSPS) is 11.9. The molecule has 2 N–H and O–H groups in total. The van der Waals surface area contributed by atoms with Gasteiger partial charge < -0.3 is 20.2 Å². The summed E-state index contributed by atoms with van der Waals surface area (Å²) < 4.78 is 11.9. The highest BCUT2D eigenvalue weighted by molar-refractivity contribution is 8.00. The van der Waals surface area contributed by atoms with Gasteiger partial charge in [0.05, 0.1) is 25.0 Å². The first-order valence-corrected chi connectivity index (χ1v) is 8.07.